The number of rotatable bonds is 4. The number of aryl methyl sites for hydroxylation is 1. The SMILES string of the molecule is CNCCc1cc(-c2cc[nH]c2)nn1C. The lowest BCUT2D eigenvalue weighted by molar-refractivity contribution is 0.683. The van der Waals surface area contributed by atoms with Crippen molar-refractivity contribution in [3.63, 3.8) is 0 Å². The Morgan fingerprint density at radius 3 is 3.07 bits per heavy atom. The van der Waals surface area contributed by atoms with E-state index in [2.05, 4.69) is 21.5 Å². The van der Waals surface area contributed by atoms with Crippen molar-refractivity contribution in [1.82, 2.24) is 20.1 Å². The molecule has 0 aliphatic carbocycles. The molecule has 0 bridgehead atoms. The Kier molecular flexibility index (Phi) is 2.87. The number of hydrogen-bond acceptors (Lipinski definition) is 2. The van der Waals surface area contributed by atoms with Crippen LogP contribution in [0, 0.1) is 0 Å². The molecule has 0 saturated heterocycles. The Labute approximate surface area is 89.3 Å². The molecule has 0 atom stereocenters. The molecule has 0 saturated carbocycles. The van der Waals surface area contributed by atoms with Crippen molar-refractivity contribution in [3.05, 3.63) is 30.2 Å². The van der Waals surface area contributed by atoms with Crippen LogP contribution in [-0.4, -0.2) is 28.4 Å². The van der Waals surface area contributed by atoms with Gasteiger partial charge in [0.25, 0.3) is 0 Å². The summed E-state index contributed by atoms with van der Waals surface area (Å²) < 4.78 is 1.94. The number of aromatic amines is 1. The molecule has 0 aromatic carbocycles. The Bertz CT molecular complexity index is 414. The lowest BCUT2D eigenvalue weighted by Gasteiger charge is -1.99. The Hall–Kier alpha value is -1.55. The van der Waals surface area contributed by atoms with Crippen LogP contribution < -0.4 is 5.32 Å². The molecular formula is C11H16N4. The number of aromatic nitrogens is 3. The first kappa shape index (κ1) is 9.98. The molecule has 2 N–H and O–H groups in total. The molecule has 0 radical (unpaired) electrons. The van der Waals surface area contributed by atoms with E-state index in [1.807, 2.05) is 37.2 Å². The van der Waals surface area contributed by atoms with Crippen molar-refractivity contribution < 1.29 is 0 Å². The number of H-pyrrole nitrogens is 1. The normalized spacial score (nSPS) is 10.8. The highest BCUT2D eigenvalue weighted by Gasteiger charge is 2.06. The van der Waals surface area contributed by atoms with Gasteiger partial charge in [0.05, 0.1) is 5.69 Å². The molecule has 0 fully saturated rings. The average molecular weight is 204 g/mol. The average Bonchev–Trinajstić information content (AvgIpc) is 2.83. The van der Waals surface area contributed by atoms with Gasteiger partial charge in [-0.1, -0.05) is 0 Å². The van der Waals surface area contributed by atoms with E-state index in [1.165, 1.54) is 5.69 Å². The molecule has 0 amide bonds. The van der Waals surface area contributed by atoms with Gasteiger partial charge in [-0.15, -0.1) is 0 Å². The third-order valence-corrected chi connectivity index (χ3v) is 2.50. The lowest BCUT2D eigenvalue weighted by Crippen LogP contribution is -2.12. The van der Waals surface area contributed by atoms with Crippen LogP contribution in [-0.2, 0) is 13.5 Å². The summed E-state index contributed by atoms with van der Waals surface area (Å²) in [6.07, 6.45) is 4.88. The van der Waals surface area contributed by atoms with E-state index < -0.39 is 0 Å². The van der Waals surface area contributed by atoms with Crippen molar-refractivity contribution in [2.75, 3.05) is 13.6 Å². The number of likely N-dealkylation sites (N-methyl/N-ethyl adjacent to an activating group) is 1. The minimum absolute atomic E-state index is 0.978. The van der Waals surface area contributed by atoms with Crippen LogP contribution in [0.25, 0.3) is 11.3 Å². The first-order valence-corrected chi connectivity index (χ1v) is 5.12. The van der Waals surface area contributed by atoms with E-state index in [4.69, 9.17) is 0 Å². The summed E-state index contributed by atoms with van der Waals surface area (Å²) in [5, 5.41) is 7.62. The minimum atomic E-state index is 0.978. The fraction of sp³-hybridized carbons (Fsp3) is 0.364. The first-order valence-electron chi connectivity index (χ1n) is 5.12. The quantitative estimate of drug-likeness (QED) is 0.785. The van der Waals surface area contributed by atoms with E-state index in [0.29, 0.717) is 0 Å². The van der Waals surface area contributed by atoms with Crippen LogP contribution in [0.2, 0.25) is 0 Å². The van der Waals surface area contributed by atoms with Gasteiger partial charge in [-0.05, 0) is 19.2 Å². The van der Waals surface area contributed by atoms with Gasteiger partial charge in [0.15, 0.2) is 0 Å². The number of hydrogen-bond donors (Lipinski definition) is 2. The first-order chi connectivity index (χ1) is 7.31. The van der Waals surface area contributed by atoms with Gasteiger partial charge in [-0.2, -0.15) is 5.10 Å². The predicted molar refractivity (Wildman–Crippen MR) is 60.6 cm³/mol. The molecule has 0 aliphatic rings. The van der Waals surface area contributed by atoms with Gasteiger partial charge in [0.2, 0.25) is 0 Å². The molecular weight excluding hydrogens is 188 g/mol. The largest absolute Gasteiger partial charge is 0.367 e. The molecule has 2 heterocycles. The minimum Gasteiger partial charge on any atom is -0.367 e. The van der Waals surface area contributed by atoms with Crippen LogP contribution in [0.3, 0.4) is 0 Å². The molecule has 0 spiro atoms. The van der Waals surface area contributed by atoms with Gasteiger partial charge >= 0.3 is 0 Å². The fourth-order valence-corrected chi connectivity index (χ4v) is 1.62. The summed E-state index contributed by atoms with van der Waals surface area (Å²) in [6, 6.07) is 4.17. The van der Waals surface area contributed by atoms with Crippen LogP contribution in [0.5, 0.6) is 0 Å². The molecule has 4 nitrogen and oxygen atoms in total. The van der Waals surface area contributed by atoms with Crippen molar-refractivity contribution in [1.29, 1.82) is 0 Å². The molecule has 2 aromatic heterocycles. The van der Waals surface area contributed by atoms with Gasteiger partial charge in [0, 0.05) is 43.7 Å². The number of nitrogens with zero attached hydrogens (tertiary/aromatic N) is 2. The summed E-state index contributed by atoms with van der Waals surface area (Å²) in [5.41, 5.74) is 3.42. The zero-order valence-electron chi connectivity index (χ0n) is 9.12. The molecule has 15 heavy (non-hydrogen) atoms. The highest BCUT2D eigenvalue weighted by Crippen LogP contribution is 2.17. The highest BCUT2D eigenvalue weighted by molar-refractivity contribution is 5.58. The van der Waals surface area contributed by atoms with Crippen LogP contribution in [0.4, 0.5) is 0 Å². The van der Waals surface area contributed by atoms with Crippen molar-refractivity contribution in [3.8, 4) is 11.3 Å². The Morgan fingerprint density at radius 2 is 2.40 bits per heavy atom. The maximum Gasteiger partial charge on any atom is 0.0941 e. The van der Waals surface area contributed by atoms with E-state index in [-0.39, 0.29) is 0 Å². The fourth-order valence-electron chi connectivity index (χ4n) is 1.62. The van der Waals surface area contributed by atoms with E-state index in [9.17, 15) is 0 Å². The van der Waals surface area contributed by atoms with Crippen molar-refractivity contribution in [2.45, 2.75) is 6.42 Å². The summed E-state index contributed by atoms with van der Waals surface area (Å²) >= 11 is 0. The second-order valence-corrected chi connectivity index (χ2v) is 3.60. The second kappa shape index (κ2) is 4.31. The Balaban J connectivity index is 2.21. The van der Waals surface area contributed by atoms with Gasteiger partial charge in [-0.3, -0.25) is 4.68 Å². The third kappa shape index (κ3) is 2.10. The van der Waals surface area contributed by atoms with Crippen molar-refractivity contribution >= 4 is 0 Å². The van der Waals surface area contributed by atoms with Crippen LogP contribution >= 0.6 is 0 Å². The molecule has 2 rings (SSSR count). The topological polar surface area (TPSA) is 45.6 Å². The number of nitrogens with one attached hydrogen (secondary N) is 2. The monoisotopic (exact) mass is 204 g/mol. The van der Waals surface area contributed by atoms with Crippen molar-refractivity contribution in [2.24, 2.45) is 7.05 Å². The van der Waals surface area contributed by atoms with Gasteiger partial charge < -0.3 is 10.3 Å². The third-order valence-electron chi connectivity index (χ3n) is 2.50. The maximum atomic E-state index is 4.47. The second-order valence-electron chi connectivity index (χ2n) is 3.60. The lowest BCUT2D eigenvalue weighted by atomic mass is 10.2. The van der Waals surface area contributed by atoms with Gasteiger partial charge in [0.1, 0.15) is 0 Å². The van der Waals surface area contributed by atoms with Crippen LogP contribution in [0.1, 0.15) is 5.69 Å². The zero-order chi connectivity index (χ0) is 10.7. The zero-order valence-corrected chi connectivity index (χ0v) is 9.12. The summed E-state index contributed by atoms with van der Waals surface area (Å²) in [7, 11) is 3.95. The Morgan fingerprint density at radius 1 is 1.53 bits per heavy atom. The highest BCUT2D eigenvalue weighted by atomic mass is 15.3. The standard InChI is InChI=1S/C11H16N4/c1-12-5-4-10-7-11(14-15(10)2)9-3-6-13-8-9/h3,6-8,12-13H,4-5H2,1-2H3. The molecule has 0 unspecified atom stereocenters. The molecule has 4 heteroatoms. The molecule has 80 valence electrons. The van der Waals surface area contributed by atoms with E-state index >= 15 is 0 Å². The van der Waals surface area contributed by atoms with E-state index in [0.717, 1.165) is 24.2 Å². The van der Waals surface area contributed by atoms with Gasteiger partial charge in [-0.25, -0.2) is 0 Å². The summed E-state index contributed by atoms with van der Waals surface area (Å²) in [4.78, 5) is 3.04. The molecule has 2 aromatic rings. The summed E-state index contributed by atoms with van der Waals surface area (Å²) in [6.45, 7) is 0.978. The van der Waals surface area contributed by atoms with Crippen LogP contribution in [0.15, 0.2) is 24.5 Å². The molecule has 0 aliphatic heterocycles. The predicted octanol–water partition coefficient (Wildman–Crippen LogP) is 1.18. The maximum absolute atomic E-state index is 4.47. The van der Waals surface area contributed by atoms with E-state index in [1.54, 1.807) is 0 Å². The smallest absolute Gasteiger partial charge is 0.0941 e. The summed E-state index contributed by atoms with van der Waals surface area (Å²) in [5.74, 6) is 0.